The van der Waals surface area contributed by atoms with E-state index in [2.05, 4.69) is 16.0 Å². The van der Waals surface area contributed by atoms with Gasteiger partial charge in [0.05, 0.1) is 5.56 Å². The molecule has 136 valence electrons. The van der Waals surface area contributed by atoms with Crippen LogP contribution < -0.4 is 22.5 Å². The first-order valence-electron chi connectivity index (χ1n) is 8.10. The van der Waals surface area contributed by atoms with E-state index in [1.54, 1.807) is 0 Å². The van der Waals surface area contributed by atoms with Gasteiger partial charge in [-0.2, -0.15) is 0 Å². The molecule has 7 heteroatoms. The molecule has 0 bridgehead atoms. The second kappa shape index (κ2) is 8.28. The van der Waals surface area contributed by atoms with Gasteiger partial charge >= 0.3 is 0 Å². The maximum Gasteiger partial charge on any atom is 0.253 e. The second-order valence-corrected chi connectivity index (χ2v) is 5.67. The van der Waals surface area contributed by atoms with Crippen LogP contribution in [0.4, 0.5) is 5.82 Å². The number of fused-ring (bicyclic) bond motifs is 1. The molecule has 0 saturated carbocycles. The van der Waals surface area contributed by atoms with Crippen molar-refractivity contribution in [1.82, 2.24) is 4.98 Å². The fourth-order valence-electron chi connectivity index (χ4n) is 2.78. The lowest BCUT2D eigenvalue weighted by Crippen LogP contribution is -2.13. The summed E-state index contributed by atoms with van der Waals surface area (Å²) in [5.74, 6) is -0.295. The summed E-state index contributed by atoms with van der Waals surface area (Å²) in [4.78, 5) is 25.4. The fraction of sp³-hybridized carbons (Fsp3) is 0.158. The van der Waals surface area contributed by atoms with Crippen LogP contribution in [0.15, 0.2) is 42.5 Å². The number of rotatable bonds is 5. The smallest absolute Gasteiger partial charge is 0.253 e. The molecule has 0 aliphatic heterocycles. The molecule has 0 aliphatic rings. The number of primary amides is 1. The summed E-state index contributed by atoms with van der Waals surface area (Å²) >= 11 is 0. The molecule has 3 rings (SSSR count). The van der Waals surface area contributed by atoms with Crippen LogP contribution in [0.5, 0.6) is 0 Å². The van der Waals surface area contributed by atoms with Crippen molar-refractivity contribution in [2.75, 3.05) is 12.4 Å². The molecule has 7 nitrogen and oxygen atoms in total. The highest BCUT2D eigenvalue weighted by Gasteiger charge is 2.16. The largest absolute Gasteiger partial charge is 0.365 e. The minimum Gasteiger partial charge on any atom is -0.365 e. The highest BCUT2D eigenvalue weighted by Crippen LogP contribution is 2.30. The molecular formula is C19H23N5O2. The number of nitrogens with one attached hydrogen (secondary N) is 2. The van der Waals surface area contributed by atoms with Gasteiger partial charge < -0.3 is 27.5 Å². The molecule has 2 aromatic carbocycles. The molecule has 26 heavy (non-hydrogen) atoms. The molecule has 1 atom stereocenters. The Bertz CT molecular complexity index is 914. The maximum absolute atomic E-state index is 11.7. The van der Waals surface area contributed by atoms with Gasteiger partial charge in [-0.25, -0.2) is 0 Å². The van der Waals surface area contributed by atoms with Crippen LogP contribution in [0.25, 0.3) is 22.0 Å². The van der Waals surface area contributed by atoms with E-state index in [1.807, 2.05) is 49.4 Å². The summed E-state index contributed by atoms with van der Waals surface area (Å²) in [7, 11) is 1.50. The predicted octanol–water partition coefficient (Wildman–Crippen LogP) is 2.10. The normalized spacial score (nSPS) is 11.4. The van der Waals surface area contributed by atoms with E-state index in [9.17, 15) is 9.59 Å². The molecule has 0 radical (unpaired) electrons. The molecule has 0 aliphatic carbocycles. The number of hydrogen-bond donors (Lipinski definition) is 5. The van der Waals surface area contributed by atoms with Crippen molar-refractivity contribution in [2.24, 2.45) is 17.2 Å². The van der Waals surface area contributed by atoms with Crippen LogP contribution in [-0.2, 0) is 4.79 Å². The van der Waals surface area contributed by atoms with Crippen LogP contribution in [0.1, 0.15) is 28.9 Å². The standard InChI is InChI=1S/C18H18N4O2.CH5N/c1-10(19)11-2-4-12(5-3-11)13-6-7-14-15(8-13)22-18(21-9-23)16(14)17(20)24;1-2/h2-10,22H,19H2,1H3,(H2,20,24)(H,21,23);2H2,1H3. The Kier molecular flexibility index (Phi) is 6.11. The summed E-state index contributed by atoms with van der Waals surface area (Å²) < 4.78 is 0. The monoisotopic (exact) mass is 353 g/mol. The highest BCUT2D eigenvalue weighted by molar-refractivity contribution is 6.12. The van der Waals surface area contributed by atoms with Gasteiger partial charge in [-0.3, -0.25) is 9.59 Å². The molecule has 2 amide bonds. The van der Waals surface area contributed by atoms with Gasteiger partial charge in [0.1, 0.15) is 5.82 Å². The Morgan fingerprint density at radius 3 is 2.27 bits per heavy atom. The summed E-state index contributed by atoms with van der Waals surface area (Å²) in [6, 6.07) is 13.6. The first kappa shape index (κ1) is 19.2. The van der Waals surface area contributed by atoms with Crippen molar-refractivity contribution in [3.63, 3.8) is 0 Å². The van der Waals surface area contributed by atoms with Gasteiger partial charge in [0.2, 0.25) is 6.41 Å². The Morgan fingerprint density at radius 1 is 1.12 bits per heavy atom. The third-order valence-corrected chi connectivity index (χ3v) is 4.02. The van der Waals surface area contributed by atoms with Crippen LogP contribution in [-0.4, -0.2) is 24.3 Å². The number of hydrogen-bond acceptors (Lipinski definition) is 4. The van der Waals surface area contributed by atoms with Gasteiger partial charge in [-0.05, 0) is 36.7 Å². The molecule has 1 aromatic heterocycles. The van der Waals surface area contributed by atoms with Gasteiger partial charge in [0, 0.05) is 16.9 Å². The number of carbonyl (C=O) groups excluding carboxylic acids is 2. The van der Waals surface area contributed by atoms with Crippen molar-refractivity contribution in [1.29, 1.82) is 0 Å². The Balaban J connectivity index is 0.00000117. The van der Waals surface area contributed by atoms with E-state index in [0.717, 1.165) is 22.2 Å². The molecule has 1 heterocycles. The first-order valence-corrected chi connectivity index (χ1v) is 8.10. The maximum atomic E-state index is 11.7. The van der Waals surface area contributed by atoms with E-state index >= 15 is 0 Å². The first-order chi connectivity index (χ1) is 12.5. The quantitative estimate of drug-likeness (QED) is 0.448. The van der Waals surface area contributed by atoms with Crippen molar-refractivity contribution in [3.8, 4) is 11.1 Å². The number of amides is 2. The van der Waals surface area contributed by atoms with Crippen molar-refractivity contribution in [2.45, 2.75) is 13.0 Å². The zero-order chi connectivity index (χ0) is 19.3. The number of H-pyrrole nitrogens is 1. The van der Waals surface area contributed by atoms with E-state index < -0.39 is 5.91 Å². The second-order valence-electron chi connectivity index (χ2n) is 5.67. The van der Waals surface area contributed by atoms with E-state index in [1.165, 1.54) is 7.05 Å². The zero-order valence-corrected chi connectivity index (χ0v) is 14.7. The lowest BCUT2D eigenvalue weighted by atomic mass is 10.0. The van der Waals surface area contributed by atoms with Gasteiger partial charge in [-0.1, -0.05) is 36.4 Å². The average molecular weight is 353 g/mol. The molecule has 0 spiro atoms. The third kappa shape index (κ3) is 3.74. The van der Waals surface area contributed by atoms with E-state index in [-0.39, 0.29) is 11.6 Å². The van der Waals surface area contributed by atoms with Crippen molar-refractivity contribution >= 4 is 29.0 Å². The predicted molar refractivity (Wildman–Crippen MR) is 105 cm³/mol. The van der Waals surface area contributed by atoms with Crippen LogP contribution in [0.3, 0.4) is 0 Å². The molecule has 0 saturated heterocycles. The zero-order valence-electron chi connectivity index (χ0n) is 14.7. The topological polar surface area (TPSA) is 140 Å². The van der Waals surface area contributed by atoms with Gasteiger partial charge in [0.15, 0.2) is 0 Å². The summed E-state index contributed by atoms with van der Waals surface area (Å²) in [6.07, 6.45) is 0.505. The molecule has 0 fully saturated rings. The SMILES string of the molecule is CC(N)c1ccc(-c2ccc3c(C(N)=O)c(NC=O)[nH]c3c2)cc1.CN. The minimum atomic E-state index is -0.598. The van der Waals surface area contributed by atoms with E-state index in [0.29, 0.717) is 17.6 Å². The van der Waals surface area contributed by atoms with E-state index in [4.69, 9.17) is 11.5 Å². The van der Waals surface area contributed by atoms with Gasteiger partial charge in [0.25, 0.3) is 5.91 Å². The summed E-state index contributed by atoms with van der Waals surface area (Å²) in [5.41, 5.74) is 19.9. The van der Waals surface area contributed by atoms with Crippen molar-refractivity contribution in [3.05, 3.63) is 53.6 Å². The van der Waals surface area contributed by atoms with Crippen LogP contribution in [0.2, 0.25) is 0 Å². The number of nitrogens with two attached hydrogens (primary N) is 3. The Morgan fingerprint density at radius 2 is 1.73 bits per heavy atom. The minimum absolute atomic E-state index is 0.0139. The summed E-state index contributed by atoms with van der Waals surface area (Å²) in [5, 5.41) is 3.14. The molecule has 3 aromatic rings. The molecular weight excluding hydrogens is 330 g/mol. The number of aromatic nitrogens is 1. The Hall–Kier alpha value is -3.16. The number of aromatic amines is 1. The Labute approximate surface area is 151 Å². The average Bonchev–Trinajstić information content (AvgIpc) is 3.01. The summed E-state index contributed by atoms with van der Waals surface area (Å²) in [6.45, 7) is 1.94. The number of anilines is 1. The number of carbonyl (C=O) groups is 2. The molecule has 8 N–H and O–H groups in total. The third-order valence-electron chi connectivity index (χ3n) is 4.02. The highest BCUT2D eigenvalue weighted by atomic mass is 16.1. The van der Waals surface area contributed by atoms with Crippen LogP contribution >= 0.6 is 0 Å². The van der Waals surface area contributed by atoms with Gasteiger partial charge in [-0.15, -0.1) is 0 Å². The van der Waals surface area contributed by atoms with Crippen LogP contribution in [0, 0.1) is 0 Å². The fourth-order valence-corrected chi connectivity index (χ4v) is 2.78. The van der Waals surface area contributed by atoms with Crippen molar-refractivity contribution < 1.29 is 9.59 Å². The number of benzene rings is 2. The molecule has 1 unspecified atom stereocenters. The lowest BCUT2D eigenvalue weighted by molar-refractivity contribution is -0.105. The lowest BCUT2D eigenvalue weighted by Gasteiger charge is -2.07.